The monoisotopic (exact) mass is 657 g/mol. The molecule has 0 aliphatic rings. The van der Waals surface area contributed by atoms with Gasteiger partial charge in [0.1, 0.15) is 40.0 Å². The minimum Gasteiger partial charge on any atom is -0.872 e. The van der Waals surface area contributed by atoms with E-state index in [0.717, 1.165) is 28.1 Å². The molecule has 0 unspecified atom stereocenters. The number of hydrogen-bond donors (Lipinski definition) is 2. The molecule has 0 spiro atoms. The summed E-state index contributed by atoms with van der Waals surface area (Å²) in [6, 6.07) is 61.0. The third-order valence-electron chi connectivity index (χ3n) is 9.21. The van der Waals surface area contributed by atoms with Crippen molar-refractivity contribution >= 4 is 22.7 Å². The van der Waals surface area contributed by atoms with Crippen molar-refractivity contribution in [3.8, 4) is 23.0 Å². The van der Waals surface area contributed by atoms with Gasteiger partial charge in [-0.15, -0.1) is 5.75 Å². The molecule has 0 aliphatic heterocycles. The largest absolute Gasteiger partial charge is 0.872 e. The number of phenols is 2. The van der Waals surface area contributed by atoms with Gasteiger partial charge in [-0.05, 0) is 60.0 Å². The summed E-state index contributed by atoms with van der Waals surface area (Å²) >= 11 is 0. The fourth-order valence-electron chi connectivity index (χ4n) is 6.53. The van der Waals surface area contributed by atoms with Crippen LogP contribution in [0.25, 0.3) is 0 Å². The lowest BCUT2D eigenvalue weighted by Gasteiger charge is -2.37. The fourth-order valence-corrected chi connectivity index (χ4v) is 6.53. The number of para-hydroxylation sites is 3. The molecule has 0 bridgehead atoms. The number of quaternary nitrogens is 1. The Morgan fingerprint density at radius 2 is 0.760 bits per heavy atom. The van der Waals surface area contributed by atoms with Crippen LogP contribution >= 0.6 is 0 Å². The van der Waals surface area contributed by atoms with Crippen molar-refractivity contribution in [1.29, 1.82) is 0 Å². The highest BCUT2D eigenvalue weighted by Gasteiger charge is 2.39. The van der Waals surface area contributed by atoms with Gasteiger partial charge < -0.3 is 20.1 Å². The molecule has 5 nitrogen and oxygen atoms in total. The van der Waals surface area contributed by atoms with E-state index in [0.29, 0.717) is 4.48 Å². The number of nitrogens with zero attached hydrogens (tertiary/aromatic N) is 1. The van der Waals surface area contributed by atoms with Gasteiger partial charge in [-0.2, -0.15) is 4.48 Å². The lowest BCUT2D eigenvalue weighted by Crippen LogP contribution is -2.33. The normalized spacial score (nSPS) is 11.2. The molecule has 0 heterocycles. The average Bonchev–Trinajstić information content (AvgIpc) is 3.17. The minimum absolute atomic E-state index is 0.0347. The Morgan fingerprint density at radius 3 is 1.10 bits per heavy atom. The summed E-state index contributed by atoms with van der Waals surface area (Å²) in [5.41, 5.74) is 7.13. The summed E-state index contributed by atoms with van der Waals surface area (Å²) in [5, 5.41) is 30.6. The van der Waals surface area contributed by atoms with Crippen LogP contribution in [0.4, 0.5) is 22.7 Å². The smallest absolute Gasteiger partial charge is 0.148 e. The molecule has 5 heteroatoms. The molecule has 0 fully saturated rings. The number of ether oxygens (including phenoxy) is 1. The molecule has 2 N–H and O–H groups in total. The Bertz CT molecular complexity index is 1870. The Balaban J connectivity index is 0.000000175. The van der Waals surface area contributed by atoms with Gasteiger partial charge >= 0.3 is 0 Å². The second-order valence-electron chi connectivity index (χ2n) is 12.1. The highest BCUT2D eigenvalue weighted by molar-refractivity contribution is 5.81. The predicted molar refractivity (Wildman–Crippen MR) is 201 cm³/mol. The van der Waals surface area contributed by atoms with Gasteiger partial charge in [0.05, 0.1) is 7.11 Å². The average molecular weight is 658 g/mol. The first-order chi connectivity index (χ1) is 24.3. The standard InChI is InChI=1S/C25H22NO.C20H18O3/c1-27-25-19-17-24(18-20-25)26(21-11-5-2-6-12-21,22-13-7-3-8-14-22)23-15-9-4-10-16-23;1-20(14-2-8-17(21)9-3-14,15-4-10-18(22)11-5-15)16-6-12-19(23)13-7-16/h2-20H,1H3;2-13,21-23H,1H3/q+1;/p-1. The summed E-state index contributed by atoms with van der Waals surface area (Å²) in [6.07, 6.45) is 0. The first kappa shape index (κ1) is 33.6. The number of rotatable bonds is 8. The van der Waals surface area contributed by atoms with Crippen LogP contribution < -0.4 is 14.3 Å². The maximum atomic E-state index is 11.4. The molecule has 7 aromatic carbocycles. The molecule has 0 aromatic heterocycles. The van der Waals surface area contributed by atoms with Crippen molar-refractivity contribution < 1.29 is 20.1 Å². The lowest BCUT2D eigenvalue weighted by atomic mass is 9.71. The Labute approximate surface area is 293 Å². The Morgan fingerprint density at radius 1 is 0.440 bits per heavy atom. The molecule has 0 saturated carbocycles. The predicted octanol–water partition coefficient (Wildman–Crippen LogP) is 10.5. The highest BCUT2D eigenvalue weighted by atomic mass is 16.5. The van der Waals surface area contributed by atoms with Gasteiger partial charge in [-0.3, -0.25) is 0 Å². The number of hydrogen-bond acceptors (Lipinski definition) is 4. The van der Waals surface area contributed by atoms with E-state index < -0.39 is 5.41 Å². The second-order valence-corrected chi connectivity index (χ2v) is 12.1. The molecule has 50 heavy (non-hydrogen) atoms. The number of benzene rings is 7. The van der Waals surface area contributed by atoms with Gasteiger partial charge in [0.15, 0.2) is 0 Å². The van der Waals surface area contributed by atoms with E-state index in [1.165, 1.54) is 17.1 Å². The molecule has 7 rings (SSSR count). The number of phenolic OH excluding ortho intramolecular Hbond substituents is 2. The van der Waals surface area contributed by atoms with Crippen LogP contribution in [0, 0.1) is 0 Å². The van der Waals surface area contributed by atoms with Gasteiger partial charge in [-0.25, -0.2) is 0 Å². The van der Waals surface area contributed by atoms with Crippen LogP contribution in [0.15, 0.2) is 188 Å². The van der Waals surface area contributed by atoms with Gasteiger partial charge in [0, 0.05) is 53.9 Å². The summed E-state index contributed by atoms with van der Waals surface area (Å²) in [4.78, 5) is 0. The zero-order valence-corrected chi connectivity index (χ0v) is 28.1. The van der Waals surface area contributed by atoms with Crippen molar-refractivity contribution in [2.45, 2.75) is 12.3 Å². The zero-order chi connectivity index (χ0) is 35.0. The highest BCUT2D eigenvalue weighted by Crippen LogP contribution is 2.51. The van der Waals surface area contributed by atoms with Crippen LogP contribution in [0.2, 0.25) is 0 Å². The van der Waals surface area contributed by atoms with E-state index in [1.807, 2.05) is 48.5 Å². The van der Waals surface area contributed by atoms with E-state index in [2.05, 4.69) is 110 Å². The third-order valence-corrected chi connectivity index (χ3v) is 9.21. The summed E-state index contributed by atoms with van der Waals surface area (Å²) in [7, 11) is 1.70. The number of aromatic hydroxyl groups is 2. The molecule has 0 saturated heterocycles. The van der Waals surface area contributed by atoms with Gasteiger partial charge in [0.25, 0.3) is 0 Å². The summed E-state index contributed by atoms with van der Waals surface area (Å²) in [6.45, 7) is 2.06. The SMILES string of the molecule is CC(c1ccc([O-])cc1)(c1ccc(O)cc1)c1ccc(O)cc1.COc1ccc([N+](c2ccccc2)(c2ccccc2)c2ccccc2)cc1. The molecular formula is C45H39NO4. The Hall–Kier alpha value is -6.30. The zero-order valence-electron chi connectivity index (χ0n) is 28.1. The fraction of sp³-hybridized carbons (Fsp3) is 0.0667. The first-order valence-corrected chi connectivity index (χ1v) is 16.4. The van der Waals surface area contributed by atoms with E-state index in [4.69, 9.17) is 4.74 Å². The minimum atomic E-state index is -0.505. The molecular weight excluding hydrogens is 618 g/mol. The Kier molecular flexibility index (Phi) is 9.98. The van der Waals surface area contributed by atoms with Crippen molar-refractivity contribution in [2.24, 2.45) is 0 Å². The summed E-state index contributed by atoms with van der Waals surface area (Å²) in [5.74, 6) is 1.23. The number of methoxy groups -OCH3 is 1. The van der Waals surface area contributed by atoms with E-state index in [1.54, 1.807) is 43.5 Å². The third kappa shape index (κ3) is 6.68. The first-order valence-electron chi connectivity index (χ1n) is 16.4. The van der Waals surface area contributed by atoms with Gasteiger partial charge in [-0.1, -0.05) is 103 Å². The van der Waals surface area contributed by atoms with Crippen LogP contribution in [-0.2, 0) is 5.41 Å². The van der Waals surface area contributed by atoms with Crippen LogP contribution in [-0.4, -0.2) is 17.3 Å². The van der Waals surface area contributed by atoms with Crippen LogP contribution in [0.3, 0.4) is 0 Å². The van der Waals surface area contributed by atoms with Crippen molar-refractivity contribution in [2.75, 3.05) is 7.11 Å². The maximum absolute atomic E-state index is 11.4. The van der Waals surface area contributed by atoms with Crippen molar-refractivity contribution in [3.05, 3.63) is 205 Å². The second kappa shape index (κ2) is 14.9. The van der Waals surface area contributed by atoms with Crippen LogP contribution in [0.5, 0.6) is 23.0 Å². The van der Waals surface area contributed by atoms with Crippen molar-refractivity contribution in [1.82, 2.24) is 4.48 Å². The van der Waals surface area contributed by atoms with Gasteiger partial charge in [0.2, 0.25) is 0 Å². The molecule has 0 aliphatic carbocycles. The molecule has 0 atom stereocenters. The molecule has 0 radical (unpaired) electrons. The topological polar surface area (TPSA) is 72.8 Å². The van der Waals surface area contributed by atoms with E-state index in [-0.39, 0.29) is 17.2 Å². The molecule has 7 aromatic rings. The molecule has 0 amide bonds. The summed E-state index contributed by atoms with van der Waals surface area (Å²) < 4.78 is 5.90. The quantitative estimate of drug-likeness (QED) is 0.126. The van der Waals surface area contributed by atoms with E-state index in [9.17, 15) is 15.3 Å². The van der Waals surface area contributed by atoms with Crippen molar-refractivity contribution in [3.63, 3.8) is 0 Å². The maximum Gasteiger partial charge on any atom is 0.148 e. The van der Waals surface area contributed by atoms with Crippen LogP contribution in [0.1, 0.15) is 23.6 Å². The molecule has 248 valence electrons. The van der Waals surface area contributed by atoms with E-state index >= 15 is 0 Å². The lowest BCUT2D eigenvalue weighted by molar-refractivity contribution is -0.268.